The van der Waals surface area contributed by atoms with E-state index >= 15 is 0 Å². The number of ether oxygens (including phenoxy) is 2. The van der Waals surface area contributed by atoms with Gasteiger partial charge in [-0.15, -0.1) is 0 Å². The van der Waals surface area contributed by atoms with Crippen molar-refractivity contribution in [2.24, 2.45) is 0 Å². The van der Waals surface area contributed by atoms with Crippen molar-refractivity contribution in [3.8, 4) is 0 Å². The van der Waals surface area contributed by atoms with Gasteiger partial charge in [-0.3, -0.25) is 0 Å². The fourth-order valence-electron chi connectivity index (χ4n) is 3.93. The monoisotopic (exact) mass is 432 g/mol. The molecule has 0 radical (unpaired) electrons. The fourth-order valence-corrected chi connectivity index (χ4v) is 4.11. The van der Waals surface area contributed by atoms with Gasteiger partial charge in [-0.25, -0.2) is 0 Å². The van der Waals surface area contributed by atoms with Crippen molar-refractivity contribution >= 4 is 17.2 Å². The lowest BCUT2D eigenvalue weighted by molar-refractivity contribution is -0.231. The standard InChI is InChI=1S/C23H25ClO6/c24-18-6-5-15(23-22(28)21(27)20(26)19(11-25)30-23)10-17(18)9-13-1-3-14(4-2-13)16-7-8-29-12-16/h1-7,10,19-23,25-28H,8-9,11-12H2/t19-,20-,21+,22-,23+/m1/s1. The van der Waals surface area contributed by atoms with Gasteiger partial charge in [0.05, 0.1) is 19.8 Å². The van der Waals surface area contributed by atoms with E-state index in [0.717, 1.165) is 16.7 Å². The lowest BCUT2D eigenvalue weighted by atomic mass is 9.90. The first-order valence-corrected chi connectivity index (χ1v) is 10.3. The molecule has 1 fully saturated rings. The first kappa shape index (κ1) is 21.5. The molecule has 160 valence electrons. The Hall–Kier alpha value is -1.77. The molecule has 30 heavy (non-hydrogen) atoms. The van der Waals surface area contributed by atoms with Crippen molar-refractivity contribution in [2.75, 3.05) is 19.8 Å². The van der Waals surface area contributed by atoms with Crippen molar-refractivity contribution in [2.45, 2.75) is 36.9 Å². The van der Waals surface area contributed by atoms with E-state index in [9.17, 15) is 20.4 Å². The molecule has 2 aromatic carbocycles. The largest absolute Gasteiger partial charge is 0.394 e. The Morgan fingerprint density at radius 2 is 1.73 bits per heavy atom. The second-order valence-electron chi connectivity index (χ2n) is 7.72. The molecule has 2 aliphatic heterocycles. The van der Waals surface area contributed by atoms with E-state index in [0.29, 0.717) is 30.2 Å². The molecule has 0 aromatic heterocycles. The van der Waals surface area contributed by atoms with Crippen LogP contribution < -0.4 is 0 Å². The van der Waals surface area contributed by atoms with Gasteiger partial charge in [0.1, 0.15) is 30.5 Å². The fraction of sp³-hybridized carbons (Fsp3) is 0.391. The van der Waals surface area contributed by atoms with Crippen LogP contribution in [0.5, 0.6) is 0 Å². The predicted molar refractivity (Wildman–Crippen MR) is 112 cm³/mol. The summed E-state index contributed by atoms with van der Waals surface area (Å²) in [7, 11) is 0. The Balaban J connectivity index is 1.54. The van der Waals surface area contributed by atoms with E-state index in [1.165, 1.54) is 5.57 Å². The molecule has 1 saturated heterocycles. The van der Waals surface area contributed by atoms with Gasteiger partial charge in [-0.2, -0.15) is 0 Å². The highest BCUT2D eigenvalue weighted by Crippen LogP contribution is 2.34. The maximum atomic E-state index is 10.4. The average Bonchev–Trinajstić information content (AvgIpc) is 3.30. The van der Waals surface area contributed by atoms with Gasteiger partial charge < -0.3 is 29.9 Å². The first-order valence-electron chi connectivity index (χ1n) is 9.93. The third kappa shape index (κ3) is 4.31. The number of hydrogen-bond donors (Lipinski definition) is 4. The summed E-state index contributed by atoms with van der Waals surface area (Å²) in [4.78, 5) is 0. The van der Waals surface area contributed by atoms with Gasteiger partial charge in [-0.05, 0) is 40.3 Å². The molecule has 7 heteroatoms. The van der Waals surface area contributed by atoms with E-state index in [4.69, 9.17) is 21.1 Å². The van der Waals surface area contributed by atoms with Crippen LogP contribution >= 0.6 is 11.6 Å². The SMILES string of the molecule is OC[C@H]1O[C@@H](c2ccc(Cl)c(Cc3ccc(C4=CCOC4)cc3)c2)[C@H](O)[C@@H](O)[C@@H]1O. The van der Waals surface area contributed by atoms with Crippen LogP contribution in [-0.4, -0.2) is 64.7 Å². The number of halogens is 1. The quantitative estimate of drug-likeness (QED) is 0.575. The van der Waals surface area contributed by atoms with Crippen LogP contribution in [0.4, 0.5) is 0 Å². The molecule has 0 spiro atoms. The molecule has 0 amide bonds. The summed E-state index contributed by atoms with van der Waals surface area (Å²) in [6.45, 7) is 0.819. The van der Waals surface area contributed by atoms with E-state index in [-0.39, 0.29) is 0 Å². The molecule has 0 aliphatic carbocycles. The van der Waals surface area contributed by atoms with Crippen molar-refractivity contribution in [3.63, 3.8) is 0 Å². The summed E-state index contributed by atoms with van der Waals surface area (Å²) in [5.41, 5.74) is 4.87. The highest BCUT2D eigenvalue weighted by Gasteiger charge is 2.44. The summed E-state index contributed by atoms with van der Waals surface area (Å²) < 4.78 is 11.0. The van der Waals surface area contributed by atoms with Crippen LogP contribution in [0.25, 0.3) is 5.57 Å². The van der Waals surface area contributed by atoms with Crippen LogP contribution in [0.2, 0.25) is 5.02 Å². The number of hydrogen-bond acceptors (Lipinski definition) is 6. The maximum absolute atomic E-state index is 10.4. The average molecular weight is 433 g/mol. The summed E-state index contributed by atoms with van der Waals surface area (Å²) in [5.74, 6) is 0. The Morgan fingerprint density at radius 1 is 0.967 bits per heavy atom. The molecular weight excluding hydrogens is 408 g/mol. The third-order valence-electron chi connectivity index (χ3n) is 5.72. The van der Waals surface area contributed by atoms with Crippen LogP contribution in [-0.2, 0) is 15.9 Å². The highest BCUT2D eigenvalue weighted by atomic mass is 35.5. The number of rotatable bonds is 5. The Morgan fingerprint density at radius 3 is 2.40 bits per heavy atom. The van der Waals surface area contributed by atoms with Gasteiger partial charge in [0, 0.05) is 5.02 Å². The van der Waals surface area contributed by atoms with E-state index < -0.39 is 37.1 Å². The van der Waals surface area contributed by atoms with Crippen LogP contribution in [0.1, 0.15) is 28.4 Å². The van der Waals surface area contributed by atoms with Crippen LogP contribution in [0, 0.1) is 0 Å². The lowest BCUT2D eigenvalue weighted by Crippen LogP contribution is -2.55. The van der Waals surface area contributed by atoms with Gasteiger partial charge in [0.25, 0.3) is 0 Å². The molecular formula is C23H25ClO6. The molecule has 2 aliphatic rings. The summed E-state index contributed by atoms with van der Waals surface area (Å²) in [6, 6.07) is 13.5. The van der Waals surface area contributed by atoms with Crippen molar-refractivity contribution in [1.82, 2.24) is 0 Å². The zero-order valence-electron chi connectivity index (χ0n) is 16.3. The van der Waals surface area contributed by atoms with Crippen LogP contribution in [0.3, 0.4) is 0 Å². The summed E-state index contributed by atoms with van der Waals surface area (Å²) >= 11 is 6.41. The Labute approximate surface area is 180 Å². The van der Waals surface area contributed by atoms with E-state index in [1.807, 2.05) is 18.2 Å². The van der Waals surface area contributed by atoms with Crippen LogP contribution in [0.15, 0.2) is 48.5 Å². The Kier molecular flexibility index (Phi) is 6.55. The molecule has 2 aromatic rings. The summed E-state index contributed by atoms with van der Waals surface area (Å²) in [5, 5.41) is 40.5. The number of aliphatic hydroxyl groups is 4. The predicted octanol–water partition coefficient (Wildman–Crippen LogP) is 1.86. The third-order valence-corrected chi connectivity index (χ3v) is 6.08. The van der Waals surface area contributed by atoms with E-state index in [1.54, 1.807) is 12.1 Å². The maximum Gasteiger partial charge on any atom is 0.113 e. The van der Waals surface area contributed by atoms with Crippen molar-refractivity contribution in [3.05, 3.63) is 75.8 Å². The topological polar surface area (TPSA) is 99.4 Å². The minimum Gasteiger partial charge on any atom is -0.394 e. The molecule has 4 rings (SSSR count). The van der Waals surface area contributed by atoms with Crippen molar-refractivity contribution in [1.29, 1.82) is 0 Å². The molecule has 4 N–H and O–H groups in total. The Bertz CT molecular complexity index is 910. The molecule has 0 saturated carbocycles. The van der Waals surface area contributed by atoms with Gasteiger partial charge >= 0.3 is 0 Å². The molecule has 0 bridgehead atoms. The molecule has 2 heterocycles. The smallest absolute Gasteiger partial charge is 0.113 e. The zero-order chi connectivity index (χ0) is 21.3. The minimum absolute atomic E-state index is 0.463. The lowest BCUT2D eigenvalue weighted by Gasteiger charge is -2.40. The molecule has 6 nitrogen and oxygen atoms in total. The van der Waals surface area contributed by atoms with Gasteiger partial charge in [0.15, 0.2) is 0 Å². The summed E-state index contributed by atoms with van der Waals surface area (Å²) in [6.07, 6.45) is -3.29. The normalized spacial score (nSPS) is 29.1. The highest BCUT2D eigenvalue weighted by molar-refractivity contribution is 6.31. The van der Waals surface area contributed by atoms with Gasteiger partial charge in [0.2, 0.25) is 0 Å². The van der Waals surface area contributed by atoms with Gasteiger partial charge in [-0.1, -0.05) is 54.1 Å². The minimum atomic E-state index is -1.42. The molecule has 5 atom stereocenters. The van der Waals surface area contributed by atoms with Crippen molar-refractivity contribution < 1.29 is 29.9 Å². The number of aliphatic hydroxyl groups excluding tert-OH is 4. The zero-order valence-corrected chi connectivity index (χ0v) is 17.1. The number of benzene rings is 2. The first-order chi connectivity index (χ1) is 14.5. The second kappa shape index (κ2) is 9.16. The second-order valence-corrected chi connectivity index (χ2v) is 8.13. The molecule has 0 unspecified atom stereocenters. The van der Waals surface area contributed by atoms with E-state index in [2.05, 4.69) is 18.2 Å².